The van der Waals surface area contributed by atoms with Crippen molar-refractivity contribution in [1.29, 1.82) is 5.26 Å². The maximum absolute atomic E-state index is 8.83. The van der Waals surface area contributed by atoms with Gasteiger partial charge < -0.3 is 0 Å². The first-order chi connectivity index (χ1) is 6.13. The molecule has 4 heteroatoms. The van der Waals surface area contributed by atoms with Crippen molar-refractivity contribution in [2.45, 2.75) is 25.8 Å². The fourth-order valence-electron chi connectivity index (χ4n) is 1.77. The second kappa shape index (κ2) is 2.85. The second-order valence-corrected chi connectivity index (χ2v) is 4.79. The van der Waals surface area contributed by atoms with Crippen LogP contribution in [-0.4, -0.2) is 9.78 Å². The third-order valence-corrected chi connectivity index (χ3v) is 3.00. The Balaban J connectivity index is 2.06. The van der Waals surface area contributed by atoms with Gasteiger partial charge in [0.05, 0.1) is 28.2 Å². The molecule has 0 atom stereocenters. The van der Waals surface area contributed by atoms with Crippen LogP contribution in [0.5, 0.6) is 0 Å². The van der Waals surface area contributed by atoms with Gasteiger partial charge in [0, 0.05) is 6.20 Å². The predicted molar refractivity (Wildman–Crippen MR) is 51.9 cm³/mol. The number of aromatic nitrogens is 2. The fourth-order valence-corrected chi connectivity index (χ4v) is 2.07. The van der Waals surface area contributed by atoms with Crippen molar-refractivity contribution in [3.05, 3.63) is 16.9 Å². The van der Waals surface area contributed by atoms with Gasteiger partial charge in [-0.15, -0.1) is 0 Å². The first-order valence-corrected chi connectivity index (χ1v) is 5.03. The molecule has 1 aliphatic carbocycles. The number of nitrogens with zero attached hydrogens (tertiary/aromatic N) is 3. The van der Waals surface area contributed by atoms with Gasteiger partial charge in [-0.2, -0.15) is 10.4 Å². The van der Waals surface area contributed by atoms with Crippen molar-refractivity contribution < 1.29 is 0 Å². The maximum Gasteiger partial charge on any atom is 0.0688 e. The van der Waals surface area contributed by atoms with Gasteiger partial charge >= 0.3 is 0 Å². The van der Waals surface area contributed by atoms with Gasteiger partial charge in [-0.25, -0.2) is 0 Å². The molecule has 0 bridgehead atoms. The molecular weight excluding hydrogens is 230 g/mol. The Hall–Kier alpha value is -0.820. The van der Waals surface area contributed by atoms with E-state index >= 15 is 0 Å². The summed E-state index contributed by atoms with van der Waals surface area (Å²) in [5.41, 5.74) is -0.122. The van der Waals surface area contributed by atoms with E-state index in [2.05, 4.69) is 27.1 Å². The molecular formula is C9H10BrN3. The van der Waals surface area contributed by atoms with Crippen LogP contribution in [0.2, 0.25) is 0 Å². The highest BCUT2D eigenvalue weighted by molar-refractivity contribution is 9.10. The normalized spacial score (nSPS) is 32.2. The largest absolute Gasteiger partial charge is 0.268 e. The third-order valence-electron chi connectivity index (χ3n) is 2.59. The summed E-state index contributed by atoms with van der Waals surface area (Å²) in [4.78, 5) is 0. The van der Waals surface area contributed by atoms with E-state index in [0.717, 1.165) is 17.3 Å². The Morgan fingerprint density at radius 3 is 2.92 bits per heavy atom. The van der Waals surface area contributed by atoms with Crippen LogP contribution < -0.4 is 0 Å². The Kier molecular flexibility index (Phi) is 1.92. The molecule has 0 aromatic carbocycles. The molecule has 0 N–H and O–H groups in total. The molecule has 0 unspecified atom stereocenters. The molecule has 1 saturated carbocycles. The van der Waals surface area contributed by atoms with Crippen molar-refractivity contribution >= 4 is 15.9 Å². The molecule has 1 aliphatic rings. The van der Waals surface area contributed by atoms with Gasteiger partial charge in [0.25, 0.3) is 0 Å². The van der Waals surface area contributed by atoms with E-state index in [1.807, 2.05) is 17.8 Å². The van der Waals surface area contributed by atoms with Crippen LogP contribution in [0.4, 0.5) is 0 Å². The van der Waals surface area contributed by atoms with E-state index < -0.39 is 0 Å². The van der Waals surface area contributed by atoms with Crippen LogP contribution in [0.15, 0.2) is 16.9 Å². The fraction of sp³-hybridized carbons (Fsp3) is 0.556. The van der Waals surface area contributed by atoms with Crippen molar-refractivity contribution in [3.63, 3.8) is 0 Å². The SMILES string of the molecule is CC1(C#N)CC(n2cc(Br)cn2)C1. The van der Waals surface area contributed by atoms with Crippen molar-refractivity contribution in [2.24, 2.45) is 5.41 Å². The summed E-state index contributed by atoms with van der Waals surface area (Å²) < 4.78 is 2.93. The lowest BCUT2D eigenvalue weighted by Gasteiger charge is -2.39. The third kappa shape index (κ3) is 1.49. The summed E-state index contributed by atoms with van der Waals surface area (Å²) in [7, 11) is 0. The smallest absolute Gasteiger partial charge is 0.0688 e. The van der Waals surface area contributed by atoms with E-state index in [0.29, 0.717) is 6.04 Å². The van der Waals surface area contributed by atoms with Crippen molar-refractivity contribution in [1.82, 2.24) is 9.78 Å². The molecule has 1 heterocycles. The molecule has 13 heavy (non-hydrogen) atoms. The Labute approximate surface area is 85.5 Å². The first kappa shape index (κ1) is 8.76. The van der Waals surface area contributed by atoms with Crippen LogP contribution >= 0.6 is 15.9 Å². The zero-order valence-corrected chi connectivity index (χ0v) is 8.95. The van der Waals surface area contributed by atoms with Gasteiger partial charge in [0.1, 0.15) is 0 Å². The number of hydrogen-bond donors (Lipinski definition) is 0. The Morgan fingerprint density at radius 2 is 2.46 bits per heavy atom. The molecule has 2 rings (SSSR count). The van der Waals surface area contributed by atoms with Gasteiger partial charge in [-0.05, 0) is 35.7 Å². The van der Waals surface area contributed by atoms with Crippen molar-refractivity contribution in [3.8, 4) is 6.07 Å². The van der Waals surface area contributed by atoms with Gasteiger partial charge in [-0.1, -0.05) is 0 Å². The zero-order valence-electron chi connectivity index (χ0n) is 7.37. The van der Waals surface area contributed by atoms with E-state index in [9.17, 15) is 0 Å². The highest BCUT2D eigenvalue weighted by atomic mass is 79.9. The van der Waals surface area contributed by atoms with Crippen LogP contribution in [-0.2, 0) is 0 Å². The number of nitriles is 1. The topological polar surface area (TPSA) is 41.6 Å². The summed E-state index contributed by atoms with van der Waals surface area (Å²) in [6.45, 7) is 2.00. The van der Waals surface area contributed by atoms with E-state index in [4.69, 9.17) is 5.26 Å². The lowest BCUT2D eigenvalue weighted by molar-refractivity contribution is 0.133. The highest BCUT2D eigenvalue weighted by Crippen LogP contribution is 2.47. The summed E-state index contributed by atoms with van der Waals surface area (Å²) in [5.74, 6) is 0. The number of hydrogen-bond acceptors (Lipinski definition) is 2. The van der Waals surface area contributed by atoms with Crippen LogP contribution in [0.25, 0.3) is 0 Å². The summed E-state index contributed by atoms with van der Waals surface area (Å²) in [5, 5.41) is 13.0. The van der Waals surface area contributed by atoms with Gasteiger partial charge in [-0.3, -0.25) is 4.68 Å². The number of rotatable bonds is 1. The Bertz CT molecular complexity index is 357. The van der Waals surface area contributed by atoms with Gasteiger partial charge in [0.2, 0.25) is 0 Å². The second-order valence-electron chi connectivity index (χ2n) is 3.87. The van der Waals surface area contributed by atoms with Crippen LogP contribution in [0.1, 0.15) is 25.8 Å². The zero-order chi connectivity index (χ0) is 9.47. The molecule has 0 spiro atoms. The maximum atomic E-state index is 8.83. The minimum absolute atomic E-state index is 0.122. The average molecular weight is 240 g/mol. The predicted octanol–water partition coefficient (Wildman–Crippen LogP) is 2.51. The molecule has 0 aliphatic heterocycles. The molecule has 0 amide bonds. The van der Waals surface area contributed by atoms with E-state index in [1.54, 1.807) is 6.20 Å². The van der Waals surface area contributed by atoms with E-state index in [1.165, 1.54) is 0 Å². The minimum Gasteiger partial charge on any atom is -0.268 e. The molecule has 3 nitrogen and oxygen atoms in total. The minimum atomic E-state index is -0.122. The molecule has 1 aromatic heterocycles. The quantitative estimate of drug-likeness (QED) is 0.756. The van der Waals surface area contributed by atoms with Crippen molar-refractivity contribution in [2.75, 3.05) is 0 Å². The first-order valence-electron chi connectivity index (χ1n) is 4.24. The molecule has 0 radical (unpaired) electrons. The van der Waals surface area contributed by atoms with E-state index in [-0.39, 0.29) is 5.41 Å². The molecule has 1 fully saturated rings. The standard InChI is InChI=1S/C9H10BrN3/c1-9(6-11)2-8(3-9)13-5-7(10)4-12-13/h4-5,8H,2-3H2,1H3. The lowest BCUT2D eigenvalue weighted by atomic mass is 9.68. The Morgan fingerprint density at radius 1 is 1.77 bits per heavy atom. The summed E-state index contributed by atoms with van der Waals surface area (Å²) in [6.07, 6.45) is 5.57. The average Bonchev–Trinajstić information content (AvgIpc) is 2.46. The molecule has 68 valence electrons. The van der Waals surface area contributed by atoms with Crippen LogP contribution in [0, 0.1) is 16.7 Å². The monoisotopic (exact) mass is 239 g/mol. The van der Waals surface area contributed by atoms with Gasteiger partial charge in [0.15, 0.2) is 0 Å². The number of halogens is 1. The highest BCUT2D eigenvalue weighted by Gasteiger charge is 2.41. The summed E-state index contributed by atoms with van der Waals surface area (Å²) >= 11 is 3.35. The molecule has 1 aromatic rings. The molecule has 0 saturated heterocycles. The lowest BCUT2D eigenvalue weighted by Crippen LogP contribution is -2.35. The van der Waals surface area contributed by atoms with Crippen LogP contribution in [0.3, 0.4) is 0 Å². The summed E-state index contributed by atoms with van der Waals surface area (Å²) in [6, 6.07) is 2.74.